The van der Waals surface area contributed by atoms with E-state index in [2.05, 4.69) is 86.8 Å². The van der Waals surface area contributed by atoms with E-state index in [0.717, 1.165) is 96.3 Å². The largest absolute Gasteiger partial charge is 0.462 e. The molecule has 0 heterocycles. The molecule has 3 atom stereocenters. The number of allylic oxidation sites excluding steroid dienone is 10. The van der Waals surface area contributed by atoms with Gasteiger partial charge in [-0.2, -0.15) is 0 Å². The van der Waals surface area contributed by atoms with Crippen molar-refractivity contribution < 1.29 is 24.5 Å². The second kappa shape index (κ2) is 53.5. The highest BCUT2D eigenvalue weighted by atomic mass is 16.5. The number of unbranched alkanes of at least 4 members (excludes halogenated alkanes) is 29. The van der Waals surface area contributed by atoms with Crippen molar-refractivity contribution in [2.75, 3.05) is 6.61 Å². The molecule has 0 spiro atoms. The third-order valence-electron chi connectivity index (χ3n) is 12.8. The molecule has 0 aromatic rings. The van der Waals surface area contributed by atoms with Crippen molar-refractivity contribution in [3.05, 3.63) is 60.8 Å². The fourth-order valence-corrected chi connectivity index (χ4v) is 8.53. The molecule has 0 saturated heterocycles. The minimum atomic E-state index is -0.794. The monoisotopic (exact) mass is 924 g/mol. The maximum absolute atomic E-state index is 13.3. The molecule has 66 heavy (non-hydrogen) atoms. The molecule has 1 amide bonds. The Morgan fingerprint density at radius 3 is 1.27 bits per heavy atom. The molecule has 0 bridgehead atoms. The van der Waals surface area contributed by atoms with Crippen LogP contribution in [0.4, 0.5) is 0 Å². The number of amides is 1. The number of esters is 1. The molecule has 3 unspecified atom stereocenters. The second-order valence-corrected chi connectivity index (χ2v) is 19.3. The SMILES string of the molecule is CC/C=C/C/C=C/C/C=C/CCCCCCCCC(=O)OC(CCCCCCCCC/C=C\C/C=C\CCCCC)CC(=O)NC(CO)C(O)CCCCCCCCCCCCCCCC. The Kier molecular flexibility index (Phi) is 51.5. The van der Waals surface area contributed by atoms with E-state index in [-0.39, 0.29) is 24.9 Å². The average Bonchev–Trinajstić information content (AvgIpc) is 3.31. The summed E-state index contributed by atoms with van der Waals surface area (Å²) < 4.78 is 5.96. The molecular weight excluding hydrogens is 815 g/mol. The van der Waals surface area contributed by atoms with Crippen LogP contribution in [0.3, 0.4) is 0 Å². The van der Waals surface area contributed by atoms with Gasteiger partial charge in [-0.25, -0.2) is 0 Å². The normalized spacial score (nSPS) is 13.6. The van der Waals surface area contributed by atoms with Crippen LogP contribution in [-0.2, 0) is 14.3 Å². The quantitative estimate of drug-likeness (QED) is 0.0321. The maximum atomic E-state index is 13.3. The number of hydrogen-bond acceptors (Lipinski definition) is 5. The molecule has 6 nitrogen and oxygen atoms in total. The van der Waals surface area contributed by atoms with Gasteiger partial charge in [0.05, 0.1) is 25.2 Å². The number of ether oxygens (including phenoxy) is 1. The Morgan fingerprint density at radius 1 is 0.455 bits per heavy atom. The number of carbonyl (C=O) groups is 2. The third kappa shape index (κ3) is 48.0. The lowest BCUT2D eigenvalue weighted by Crippen LogP contribution is -2.46. The summed E-state index contributed by atoms with van der Waals surface area (Å²) in [5.74, 6) is -0.489. The molecule has 3 N–H and O–H groups in total. The average molecular weight is 925 g/mol. The van der Waals surface area contributed by atoms with Crippen LogP contribution in [0.1, 0.15) is 284 Å². The summed E-state index contributed by atoms with van der Waals surface area (Å²) in [6, 6.07) is -0.709. The third-order valence-corrected chi connectivity index (χ3v) is 12.8. The Hall–Kier alpha value is -2.44. The molecule has 0 aromatic carbocycles. The number of aliphatic hydroxyl groups excluding tert-OH is 2. The highest BCUT2D eigenvalue weighted by Crippen LogP contribution is 2.18. The lowest BCUT2D eigenvalue weighted by atomic mass is 10.0. The molecule has 6 heteroatoms. The first kappa shape index (κ1) is 63.6. The molecule has 0 aliphatic rings. The first-order valence-electron chi connectivity index (χ1n) is 28.5. The smallest absolute Gasteiger partial charge is 0.306 e. The van der Waals surface area contributed by atoms with Crippen LogP contribution in [0.25, 0.3) is 0 Å². The number of carbonyl (C=O) groups excluding carboxylic acids is 2. The minimum absolute atomic E-state index is 0.0665. The Labute approximate surface area is 409 Å². The van der Waals surface area contributed by atoms with Gasteiger partial charge in [0.25, 0.3) is 0 Å². The number of rotatable bonds is 51. The van der Waals surface area contributed by atoms with E-state index in [1.165, 1.54) is 141 Å². The van der Waals surface area contributed by atoms with E-state index < -0.39 is 18.2 Å². The predicted molar refractivity (Wildman–Crippen MR) is 287 cm³/mol. The number of hydrogen-bond donors (Lipinski definition) is 3. The second-order valence-electron chi connectivity index (χ2n) is 19.3. The zero-order valence-corrected chi connectivity index (χ0v) is 43.8. The van der Waals surface area contributed by atoms with Gasteiger partial charge in [-0.1, -0.05) is 242 Å². The standard InChI is InChI=1S/C60H109NO5/c1-4-7-10-13-16-19-22-25-28-30-31-33-36-39-42-45-48-51-56(66-60(65)53-50-47-44-41-38-35-32-29-26-23-20-17-14-11-8-5-2)54-59(64)61-57(55-62)58(63)52-49-46-43-40-37-34-27-24-21-18-15-12-9-6-3/h8,11,16-17,19-20,25-26,28-29,56-58,62-63H,4-7,9-10,12-15,18,21-24,27,30-55H2,1-3H3,(H,61,64)/b11-8+,19-16-,20-17+,28-25-,29-26+. The van der Waals surface area contributed by atoms with Crippen molar-refractivity contribution in [3.8, 4) is 0 Å². The first-order chi connectivity index (χ1) is 32.5. The maximum Gasteiger partial charge on any atom is 0.306 e. The van der Waals surface area contributed by atoms with Crippen molar-refractivity contribution in [1.29, 1.82) is 0 Å². The van der Waals surface area contributed by atoms with Gasteiger partial charge in [0.15, 0.2) is 0 Å². The van der Waals surface area contributed by atoms with E-state index in [1.54, 1.807) is 0 Å². The molecule has 384 valence electrons. The van der Waals surface area contributed by atoms with Crippen molar-refractivity contribution in [2.24, 2.45) is 0 Å². The van der Waals surface area contributed by atoms with Crippen LogP contribution in [0, 0.1) is 0 Å². The van der Waals surface area contributed by atoms with Gasteiger partial charge in [-0.3, -0.25) is 9.59 Å². The zero-order valence-electron chi connectivity index (χ0n) is 43.8. The van der Waals surface area contributed by atoms with Crippen LogP contribution >= 0.6 is 0 Å². The van der Waals surface area contributed by atoms with Gasteiger partial charge in [-0.05, 0) is 89.9 Å². The van der Waals surface area contributed by atoms with E-state index in [4.69, 9.17) is 4.74 Å². The summed E-state index contributed by atoms with van der Waals surface area (Å²) in [4.78, 5) is 26.3. The molecule has 0 aliphatic carbocycles. The summed E-state index contributed by atoms with van der Waals surface area (Å²) in [5, 5.41) is 23.9. The van der Waals surface area contributed by atoms with E-state index in [1.807, 2.05) is 0 Å². The van der Waals surface area contributed by atoms with Crippen LogP contribution in [0.2, 0.25) is 0 Å². The Morgan fingerprint density at radius 2 is 0.818 bits per heavy atom. The fraction of sp³-hybridized carbons (Fsp3) is 0.800. The summed E-state index contributed by atoms with van der Waals surface area (Å²) in [6.07, 6.45) is 67.1. The molecular formula is C60H109NO5. The van der Waals surface area contributed by atoms with Crippen LogP contribution in [0.5, 0.6) is 0 Å². The summed E-state index contributed by atoms with van der Waals surface area (Å²) in [7, 11) is 0. The van der Waals surface area contributed by atoms with Crippen LogP contribution < -0.4 is 5.32 Å². The summed E-state index contributed by atoms with van der Waals surface area (Å²) in [6.45, 7) is 6.37. The predicted octanol–water partition coefficient (Wildman–Crippen LogP) is 17.6. The molecule has 0 aromatic heterocycles. The number of aliphatic hydroxyl groups is 2. The topological polar surface area (TPSA) is 95.9 Å². The number of nitrogens with one attached hydrogen (secondary N) is 1. The van der Waals surface area contributed by atoms with Crippen molar-refractivity contribution >= 4 is 11.9 Å². The van der Waals surface area contributed by atoms with Gasteiger partial charge in [0.1, 0.15) is 6.10 Å². The van der Waals surface area contributed by atoms with Crippen LogP contribution in [-0.4, -0.2) is 46.9 Å². The summed E-state index contributed by atoms with van der Waals surface area (Å²) in [5.41, 5.74) is 0. The Balaban J connectivity index is 4.60. The minimum Gasteiger partial charge on any atom is -0.462 e. The van der Waals surface area contributed by atoms with Crippen molar-refractivity contribution in [2.45, 2.75) is 302 Å². The highest BCUT2D eigenvalue weighted by molar-refractivity contribution is 5.77. The lowest BCUT2D eigenvalue weighted by Gasteiger charge is -2.24. The van der Waals surface area contributed by atoms with Gasteiger partial charge < -0.3 is 20.3 Å². The van der Waals surface area contributed by atoms with Crippen LogP contribution in [0.15, 0.2) is 60.8 Å². The van der Waals surface area contributed by atoms with Gasteiger partial charge in [-0.15, -0.1) is 0 Å². The van der Waals surface area contributed by atoms with Gasteiger partial charge in [0, 0.05) is 6.42 Å². The Bertz CT molecular complexity index is 1170. The zero-order chi connectivity index (χ0) is 48.1. The van der Waals surface area contributed by atoms with Gasteiger partial charge in [0.2, 0.25) is 5.91 Å². The molecule has 0 aliphatic heterocycles. The lowest BCUT2D eigenvalue weighted by molar-refractivity contribution is -0.151. The fourth-order valence-electron chi connectivity index (χ4n) is 8.53. The van der Waals surface area contributed by atoms with E-state index in [9.17, 15) is 19.8 Å². The molecule has 0 rings (SSSR count). The van der Waals surface area contributed by atoms with E-state index >= 15 is 0 Å². The molecule has 0 fully saturated rings. The van der Waals surface area contributed by atoms with Crippen molar-refractivity contribution in [3.63, 3.8) is 0 Å². The van der Waals surface area contributed by atoms with Crippen molar-refractivity contribution in [1.82, 2.24) is 5.32 Å². The molecule has 0 radical (unpaired) electrons. The first-order valence-corrected chi connectivity index (χ1v) is 28.5. The van der Waals surface area contributed by atoms with Gasteiger partial charge >= 0.3 is 5.97 Å². The van der Waals surface area contributed by atoms with E-state index in [0.29, 0.717) is 19.3 Å². The molecule has 0 saturated carbocycles. The highest BCUT2D eigenvalue weighted by Gasteiger charge is 2.24. The summed E-state index contributed by atoms with van der Waals surface area (Å²) >= 11 is 0.